The number of carbonyl (C=O) groups is 1. The van der Waals surface area contributed by atoms with Crippen LogP contribution in [0.4, 0.5) is 0 Å². The molecular weight excluding hydrogens is 204 g/mol. The van der Waals surface area contributed by atoms with Crippen molar-refractivity contribution in [2.45, 2.75) is 31.9 Å². The molecule has 1 aliphatic heterocycles. The van der Waals surface area contributed by atoms with Gasteiger partial charge in [0.25, 0.3) is 0 Å². The van der Waals surface area contributed by atoms with E-state index in [1.165, 1.54) is 11.1 Å². The molecule has 80 valence electrons. The van der Waals surface area contributed by atoms with E-state index in [1.807, 2.05) is 0 Å². The summed E-state index contributed by atoms with van der Waals surface area (Å²) in [5.41, 5.74) is 3.52. The zero-order valence-corrected chi connectivity index (χ0v) is 10.3. The van der Waals surface area contributed by atoms with Crippen LogP contribution in [0.5, 0.6) is 0 Å². The Labute approximate surface area is 95.3 Å². The van der Waals surface area contributed by atoms with E-state index in [1.54, 1.807) is 11.8 Å². The molecule has 2 rings (SSSR count). The first-order valence-corrected chi connectivity index (χ1v) is 6.38. The number of rotatable bonds is 0. The molecule has 15 heavy (non-hydrogen) atoms. The van der Waals surface area contributed by atoms with Gasteiger partial charge in [0.05, 0.1) is 5.75 Å². The molecule has 1 aromatic rings. The third kappa shape index (κ3) is 2.10. The Morgan fingerprint density at radius 3 is 2.60 bits per heavy atom. The van der Waals surface area contributed by atoms with Crippen LogP contribution in [0, 0.1) is 0 Å². The number of hydrogen-bond donors (Lipinski definition) is 0. The van der Waals surface area contributed by atoms with Gasteiger partial charge in [-0.1, -0.05) is 32.9 Å². The molecule has 0 aromatic heterocycles. The first-order chi connectivity index (χ1) is 6.98. The van der Waals surface area contributed by atoms with Crippen molar-refractivity contribution in [3.8, 4) is 0 Å². The van der Waals surface area contributed by atoms with Gasteiger partial charge in [0, 0.05) is 11.3 Å². The molecule has 0 saturated heterocycles. The standard InChI is InChI=1S/C13H16OS/c1-13(2,3)10-5-4-9-7-15-8-12(14)11(9)6-10/h4-6H,7-8H2,1-3H3. The number of benzene rings is 1. The van der Waals surface area contributed by atoms with Gasteiger partial charge in [0.15, 0.2) is 5.78 Å². The minimum absolute atomic E-state index is 0.125. The highest BCUT2D eigenvalue weighted by atomic mass is 32.2. The topological polar surface area (TPSA) is 17.1 Å². The van der Waals surface area contributed by atoms with Crippen LogP contribution < -0.4 is 0 Å². The molecule has 0 bridgehead atoms. The second-order valence-corrected chi connectivity index (χ2v) is 6.02. The Bertz CT molecular complexity index is 401. The number of ketones is 1. The van der Waals surface area contributed by atoms with Crippen molar-refractivity contribution in [1.82, 2.24) is 0 Å². The fourth-order valence-corrected chi connectivity index (χ4v) is 2.67. The van der Waals surface area contributed by atoms with Crippen LogP contribution in [0.3, 0.4) is 0 Å². The van der Waals surface area contributed by atoms with Crippen LogP contribution in [-0.2, 0) is 11.2 Å². The lowest BCUT2D eigenvalue weighted by Crippen LogP contribution is -2.16. The summed E-state index contributed by atoms with van der Waals surface area (Å²) in [6.45, 7) is 6.53. The Morgan fingerprint density at radius 2 is 1.93 bits per heavy atom. The Hall–Kier alpha value is -0.760. The molecule has 0 saturated carbocycles. The van der Waals surface area contributed by atoms with Crippen molar-refractivity contribution >= 4 is 17.5 Å². The van der Waals surface area contributed by atoms with Crippen molar-refractivity contribution in [1.29, 1.82) is 0 Å². The van der Waals surface area contributed by atoms with Gasteiger partial charge in [0.2, 0.25) is 0 Å². The van der Waals surface area contributed by atoms with Gasteiger partial charge in [-0.05, 0) is 22.6 Å². The van der Waals surface area contributed by atoms with Gasteiger partial charge in [-0.15, -0.1) is 11.8 Å². The molecule has 0 radical (unpaired) electrons. The summed E-state index contributed by atoms with van der Waals surface area (Å²) >= 11 is 1.71. The highest BCUT2D eigenvalue weighted by Crippen LogP contribution is 2.29. The maximum atomic E-state index is 11.7. The third-order valence-electron chi connectivity index (χ3n) is 2.77. The van der Waals surface area contributed by atoms with Gasteiger partial charge in [-0.2, -0.15) is 0 Å². The first kappa shape index (κ1) is 10.7. The molecule has 0 aliphatic carbocycles. The molecule has 0 atom stereocenters. The van der Waals surface area contributed by atoms with Crippen LogP contribution in [-0.4, -0.2) is 11.5 Å². The molecular formula is C13H16OS. The van der Waals surface area contributed by atoms with E-state index in [0.29, 0.717) is 5.75 Å². The van der Waals surface area contributed by atoms with Gasteiger partial charge in [-0.3, -0.25) is 4.79 Å². The quantitative estimate of drug-likeness (QED) is 0.666. The number of Topliss-reactive ketones (excluding diaryl/α,β-unsaturated/α-hetero) is 1. The molecule has 2 heteroatoms. The zero-order valence-electron chi connectivity index (χ0n) is 9.46. The third-order valence-corrected chi connectivity index (χ3v) is 3.75. The monoisotopic (exact) mass is 220 g/mol. The summed E-state index contributed by atoms with van der Waals surface area (Å²) in [5.74, 6) is 1.90. The van der Waals surface area contributed by atoms with E-state index in [4.69, 9.17) is 0 Å². The molecule has 1 heterocycles. The average molecular weight is 220 g/mol. The van der Waals surface area contributed by atoms with Crippen LogP contribution in [0.2, 0.25) is 0 Å². The SMILES string of the molecule is CC(C)(C)c1ccc2c(c1)C(=O)CSC2. The fourth-order valence-electron chi connectivity index (χ4n) is 1.76. The molecule has 0 N–H and O–H groups in total. The predicted molar refractivity (Wildman–Crippen MR) is 65.6 cm³/mol. The van der Waals surface area contributed by atoms with Crippen molar-refractivity contribution in [2.75, 3.05) is 5.75 Å². The van der Waals surface area contributed by atoms with Crippen molar-refractivity contribution < 1.29 is 4.79 Å². The van der Waals surface area contributed by atoms with E-state index >= 15 is 0 Å². The maximum Gasteiger partial charge on any atom is 0.173 e. The summed E-state index contributed by atoms with van der Waals surface area (Å²) in [7, 11) is 0. The van der Waals surface area contributed by atoms with Crippen molar-refractivity contribution in [3.05, 3.63) is 34.9 Å². The second-order valence-electron chi connectivity index (χ2n) is 5.04. The summed E-state index contributed by atoms with van der Waals surface area (Å²) < 4.78 is 0. The first-order valence-electron chi connectivity index (χ1n) is 5.23. The van der Waals surface area contributed by atoms with Crippen molar-refractivity contribution in [3.63, 3.8) is 0 Å². The minimum Gasteiger partial charge on any atom is -0.293 e. The van der Waals surface area contributed by atoms with Crippen molar-refractivity contribution in [2.24, 2.45) is 0 Å². The Kier molecular flexibility index (Phi) is 2.63. The van der Waals surface area contributed by atoms with E-state index < -0.39 is 0 Å². The lowest BCUT2D eigenvalue weighted by atomic mass is 9.85. The number of carbonyl (C=O) groups excluding carboxylic acids is 1. The molecule has 1 nitrogen and oxygen atoms in total. The van der Waals surface area contributed by atoms with Gasteiger partial charge in [0.1, 0.15) is 0 Å². The summed E-state index contributed by atoms with van der Waals surface area (Å²) in [5, 5.41) is 0. The molecule has 0 unspecified atom stereocenters. The zero-order chi connectivity index (χ0) is 11.1. The number of hydrogen-bond acceptors (Lipinski definition) is 2. The maximum absolute atomic E-state index is 11.7. The fraction of sp³-hybridized carbons (Fsp3) is 0.462. The van der Waals surface area contributed by atoms with Gasteiger partial charge in [-0.25, -0.2) is 0 Å². The summed E-state index contributed by atoms with van der Waals surface area (Å²) in [4.78, 5) is 11.7. The average Bonchev–Trinajstić information content (AvgIpc) is 2.16. The Balaban J connectivity index is 2.49. The molecule has 0 amide bonds. The Morgan fingerprint density at radius 1 is 1.20 bits per heavy atom. The minimum atomic E-state index is 0.125. The summed E-state index contributed by atoms with van der Waals surface area (Å²) in [6, 6.07) is 6.34. The molecule has 1 aromatic carbocycles. The van der Waals surface area contributed by atoms with E-state index in [0.717, 1.165) is 11.3 Å². The number of fused-ring (bicyclic) bond motifs is 1. The second kappa shape index (κ2) is 3.67. The van der Waals surface area contributed by atoms with E-state index in [-0.39, 0.29) is 11.2 Å². The van der Waals surface area contributed by atoms with Crippen LogP contribution in [0.15, 0.2) is 18.2 Å². The lowest BCUT2D eigenvalue weighted by molar-refractivity contribution is 0.102. The van der Waals surface area contributed by atoms with Crippen LogP contribution in [0.1, 0.15) is 42.3 Å². The van der Waals surface area contributed by atoms with Crippen LogP contribution in [0.25, 0.3) is 0 Å². The predicted octanol–water partition coefficient (Wildman–Crippen LogP) is 3.41. The lowest BCUT2D eigenvalue weighted by Gasteiger charge is -2.22. The normalized spacial score (nSPS) is 16.3. The molecule has 0 spiro atoms. The molecule has 1 aliphatic rings. The number of thioether (sulfide) groups is 1. The van der Waals surface area contributed by atoms with Crippen LogP contribution >= 0.6 is 11.8 Å². The largest absolute Gasteiger partial charge is 0.293 e. The van der Waals surface area contributed by atoms with E-state index in [9.17, 15) is 4.79 Å². The molecule has 0 fully saturated rings. The highest BCUT2D eigenvalue weighted by molar-refractivity contribution is 7.99. The van der Waals surface area contributed by atoms with Gasteiger partial charge < -0.3 is 0 Å². The highest BCUT2D eigenvalue weighted by Gasteiger charge is 2.21. The smallest absolute Gasteiger partial charge is 0.173 e. The summed E-state index contributed by atoms with van der Waals surface area (Å²) in [6.07, 6.45) is 0. The van der Waals surface area contributed by atoms with E-state index in [2.05, 4.69) is 39.0 Å². The van der Waals surface area contributed by atoms with Gasteiger partial charge >= 0.3 is 0 Å².